The van der Waals surface area contributed by atoms with E-state index < -0.39 is 6.10 Å². The predicted octanol–water partition coefficient (Wildman–Crippen LogP) is 4.35. The molecule has 2 aromatic carbocycles. The average molecular weight is 286 g/mol. The van der Waals surface area contributed by atoms with Crippen molar-refractivity contribution in [3.8, 4) is 5.75 Å². The Morgan fingerprint density at radius 2 is 1.86 bits per heavy atom. The fraction of sp³-hybridized carbons (Fsp3) is 0.278. The van der Waals surface area contributed by atoms with Crippen LogP contribution in [0.1, 0.15) is 35.3 Å². The van der Waals surface area contributed by atoms with E-state index in [0.717, 1.165) is 12.0 Å². The second kappa shape index (κ2) is 6.53. The van der Waals surface area contributed by atoms with Gasteiger partial charge in [-0.15, -0.1) is 0 Å². The van der Waals surface area contributed by atoms with Crippen LogP contribution in [0.5, 0.6) is 5.75 Å². The standard InChI is InChI=1S/C18H19FO2/c1-4-14-6-8-15(9-7-14)18(20)13(3)21-17-11-16(19)10-5-12(17)2/h5-11,13H,4H2,1-3H3. The first kappa shape index (κ1) is 15.2. The normalized spacial score (nSPS) is 12.0. The SMILES string of the molecule is CCc1ccc(C(=O)C(C)Oc2cc(F)ccc2C)cc1. The highest BCUT2D eigenvalue weighted by molar-refractivity contribution is 5.99. The Labute approximate surface area is 124 Å². The van der Waals surface area contributed by atoms with Crippen molar-refractivity contribution in [1.29, 1.82) is 0 Å². The lowest BCUT2D eigenvalue weighted by Crippen LogP contribution is -2.24. The van der Waals surface area contributed by atoms with Gasteiger partial charge < -0.3 is 4.74 Å². The highest BCUT2D eigenvalue weighted by Gasteiger charge is 2.18. The van der Waals surface area contributed by atoms with Crippen LogP contribution in [0.15, 0.2) is 42.5 Å². The third kappa shape index (κ3) is 3.69. The Morgan fingerprint density at radius 1 is 1.19 bits per heavy atom. The van der Waals surface area contributed by atoms with Gasteiger partial charge in [0.2, 0.25) is 5.78 Å². The lowest BCUT2D eigenvalue weighted by atomic mass is 10.0. The van der Waals surface area contributed by atoms with E-state index in [2.05, 4.69) is 6.92 Å². The lowest BCUT2D eigenvalue weighted by molar-refractivity contribution is 0.0816. The lowest BCUT2D eigenvalue weighted by Gasteiger charge is -2.15. The number of rotatable bonds is 5. The molecule has 3 heteroatoms. The van der Waals surface area contributed by atoms with E-state index in [0.29, 0.717) is 11.3 Å². The Bertz CT molecular complexity index is 632. The summed E-state index contributed by atoms with van der Waals surface area (Å²) in [5.74, 6) is -0.0788. The van der Waals surface area contributed by atoms with Gasteiger partial charge >= 0.3 is 0 Å². The van der Waals surface area contributed by atoms with Crippen molar-refractivity contribution in [2.24, 2.45) is 0 Å². The number of hydrogen-bond donors (Lipinski definition) is 0. The minimum atomic E-state index is -0.655. The molecule has 1 atom stereocenters. The molecule has 2 rings (SSSR count). The van der Waals surface area contributed by atoms with Crippen LogP contribution in [0, 0.1) is 12.7 Å². The van der Waals surface area contributed by atoms with Crippen molar-refractivity contribution in [3.05, 3.63) is 65.0 Å². The summed E-state index contributed by atoms with van der Waals surface area (Å²) in [4.78, 5) is 12.3. The first-order valence-electron chi connectivity index (χ1n) is 7.07. The number of ketones is 1. The first-order chi connectivity index (χ1) is 10.0. The molecule has 0 aliphatic heterocycles. The van der Waals surface area contributed by atoms with Gasteiger partial charge in [0.05, 0.1) is 0 Å². The molecule has 0 spiro atoms. The number of benzene rings is 2. The van der Waals surface area contributed by atoms with Gasteiger partial charge in [-0.3, -0.25) is 4.79 Å². The molecule has 2 nitrogen and oxygen atoms in total. The van der Waals surface area contributed by atoms with Gasteiger partial charge in [0.25, 0.3) is 0 Å². The van der Waals surface area contributed by atoms with Crippen LogP contribution >= 0.6 is 0 Å². The molecule has 0 saturated carbocycles. The molecule has 2 aromatic rings. The molecule has 0 aliphatic rings. The Morgan fingerprint density at radius 3 is 2.48 bits per heavy atom. The number of carbonyl (C=O) groups is 1. The smallest absolute Gasteiger partial charge is 0.202 e. The van der Waals surface area contributed by atoms with Crippen molar-refractivity contribution in [1.82, 2.24) is 0 Å². The van der Waals surface area contributed by atoms with Crippen molar-refractivity contribution in [2.45, 2.75) is 33.3 Å². The number of carbonyl (C=O) groups excluding carboxylic acids is 1. The largest absolute Gasteiger partial charge is 0.482 e. The minimum absolute atomic E-state index is 0.110. The molecule has 0 fully saturated rings. The maximum absolute atomic E-state index is 13.2. The zero-order valence-corrected chi connectivity index (χ0v) is 12.5. The summed E-state index contributed by atoms with van der Waals surface area (Å²) in [7, 11) is 0. The maximum atomic E-state index is 13.2. The van der Waals surface area contributed by atoms with Crippen molar-refractivity contribution >= 4 is 5.78 Å². The Kier molecular flexibility index (Phi) is 4.73. The van der Waals surface area contributed by atoms with Gasteiger partial charge in [-0.25, -0.2) is 4.39 Å². The topological polar surface area (TPSA) is 26.3 Å². The van der Waals surface area contributed by atoms with Crippen molar-refractivity contribution in [2.75, 3.05) is 0 Å². The molecule has 0 aromatic heterocycles. The minimum Gasteiger partial charge on any atom is -0.482 e. The van der Waals surface area contributed by atoms with E-state index in [9.17, 15) is 9.18 Å². The summed E-state index contributed by atoms with van der Waals surface area (Å²) in [6, 6.07) is 11.8. The Hall–Kier alpha value is -2.16. The highest BCUT2D eigenvalue weighted by atomic mass is 19.1. The van der Waals surface area contributed by atoms with Gasteiger partial charge in [0.15, 0.2) is 6.10 Å². The van der Waals surface area contributed by atoms with Crippen LogP contribution in [0.2, 0.25) is 0 Å². The van der Waals surface area contributed by atoms with Crippen LogP contribution in [0.25, 0.3) is 0 Å². The molecule has 1 unspecified atom stereocenters. The first-order valence-corrected chi connectivity index (χ1v) is 7.07. The summed E-state index contributed by atoms with van der Waals surface area (Å²) in [5.41, 5.74) is 2.59. The highest BCUT2D eigenvalue weighted by Crippen LogP contribution is 2.21. The maximum Gasteiger partial charge on any atom is 0.202 e. The number of hydrogen-bond acceptors (Lipinski definition) is 2. The number of Topliss-reactive ketones (excluding diaryl/α,β-unsaturated/α-hetero) is 1. The van der Waals surface area contributed by atoms with E-state index in [-0.39, 0.29) is 11.6 Å². The van der Waals surface area contributed by atoms with Crippen LogP contribution in [0.4, 0.5) is 4.39 Å². The summed E-state index contributed by atoms with van der Waals surface area (Å²) < 4.78 is 18.8. The molecule has 0 radical (unpaired) electrons. The number of halogens is 1. The molecule has 0 saturated heterocycles. The molecule has 110 valence electrons. The second-order valence-electron chi connectivity index (χ2n) is 5.08. The van der Waals surface area contributed by atoms with Crippen LogP contribution in [-0.4, -0.2) is 11.9 Å². The fourth-order valence-electron chi connectivity index (χ4n) is 2.08. The number of aryl methyl sites for hydroxylation is 2. The summed E-state index contributed by atoms with van der Waals surface area (Å²) in [6.07, 6.45) is 0.279. The molecular formula is C18H19FO2. The second-order valence-corrected chi connectivity index (χ2v) is 5.08. The Balaban J connectivity index is 2.13. The van der Waals surface area contributed by atoms with Gasteiger partial charge in [-0.05, 0) is 37.5 Å². The molecular weight excluding hydrogens is 267 g/mol. The molecule has 0 N–H and O–H groups in total. The molecule has 0 aliphatic carbocycles. The quantitative estimate of drug-likeness (QED) is 0.764. The van der Waals surface area contributed by atoms with Crippen LogP contribution in [-0.2, 0) is 6.42 Å². The van der Waals surface area contributed by atoms with E-state index >= 15 is 0 Å². The molecule has 0 bridgehead atoms. The predicted molar refractivity (Wildman–Crippen MR) is 81.4 cm³/mol. The van der Waals surface area contributed by atoms with Crippen molar-refractivity contribution < 1.29 is 13.9 Å². The molecule has 21 heavy (non-hydrogen) atoms. The van der Waals surface area contributed by atoms with Crippen LogP contribution < -0.4 is 4.74 Å². The molecule has 0 heterocycles. The summed E-state index contributed by atoms with van der Waals surface area (Å²) in [5, 5.41) is 0. The third-order valence-electron chi connectivity index (χ3n) is 3.47. The van der Waals surface area contributed by atoms with Gasteiger partial charge in [0.1, 0.15) is 11.6 Å². The monoisotopic (exact) mass is 286 g/mol. The third-order valence-corrected chi connectivity index (χ3v) is 3.47. The van der Waals surface area contributed by atoms with E-state index in [1.54, 1.807) is 25.1 Å². The zero-order chi connectivity index (χ0) is 15.4. The number of ether oxygens (including phenoxy) is 1. The van der Waals surface area contributed by atoms with E-state index in [1.165, 1.54) is 17.7 Å². The van der Waals surface area contributed by atoms with Gasteiger partial charge in [-0.2, -0.15) is 0 Å². The average Bonchev–Trinajstić information content (AvgIpc) is 2.50. The van der Waals surface area contributed by atoms with E-state index in [4.69, 9.17) is 4.74 Å². The summed E-state index contributed by atoms with van der Waals surface area (Å²) >= 11 is 0. The van der Waals surface area contributed by atoms with Crippen LogP contribution in [0.3, 0.4) is 0 Å². The van der Waals surface area contributed by atoms with E-state index in [1.807, 2.05) is 19.1 Å². The fourth-order valence-corrected chi connectivity index (χ4v) is 2.08. The van der Waals surface area contributed by atoms with Gasteiger partial charge in [0, 0.05) is 11.6 Å². The van der Waals surface area contributed by atoms with Gasteiger partial charge in [-0.1, -0.05) is 37.3 Å². The summed E-state index contributed by atoms with van der Waals surface area (Å²) in [6.45, 7) is 5.57. The van der Waals surface area contributed by atoms with Crippen molar-refractivity contribution in [3.63, 3.8) is 0 Å². The molecule has 0 amide bonds. The zero-order valence-electron chi connectivity index (χ0n) is 12.5.